The molecule has 0 radical (unpaired) electrons. The van der Waals surface area contributed by atoms with E-state index in [9.17, 15) is 13.2 Å². The average molecular weight is 432 g/mol. The third-order valence-corrected chi connectivity index (χ3v) is 6.45. The van der Waals surface area contributed by atoms with Gasteiger partial charge in [0.15, 0.2) is 0 Å². The van der Waals surface area contributed by atoms with Crippen LogP contribution < -0.4 is 4.72 Å². The number of amides is 1. The molecule has 0 saturated heterocycles. The fourth-order valence-corrected chi connectivity index (χ4v) is 4.03. The molecule has 2 aromatic rings. The Labute approximate surface area is 154 Å². The lowest BCUT2D eigenvalue weighted by Crippen LogP contribution is -2.47. The van der Waals surface area contributed by atoms with Gasteiger partial charge in [0, 0.05) is 35.0 Å². The second-order valence-corrected chi connectivity index (χ2v) is 10.3. The van der Waals surface area contributed by atoms with Crippen LogP contribution in [-0.2, 0) is 15.0 Å². The van der Waals surface area contributed by atoms with Gasteiger partial charge < -0.3 is 0 Å². The molecule has 1 aromatic carbocycles. The van der Waals surface area contributed by atoms with Crippen molar-refractivity contribution in [1.29, 1.82) is 0 Å². The van der Waals surface area contributed by atoms with Crippen molar-refractivity contribution < 1.29 is 13.2 Å². The number of fused-ring (bicyclic) bond motifs is 1. The molecule has 0 unspecified atom stereocenters. The summed E-state index contributed by atoms with van der Waals surface area (Å²) in [4.78, 5) is 17.6. The first-order chi connectivity index (χ1) is 11.0. The van der Waals surface area contributed by atoms with Crippen molar-refractivity contribution in [3.63, 3.8) is 0 Å². The monoisotopic (exact) mass is 431 g/mol. The van der Waals surface area contributed by atoms with Crippen LogP contribution in [0, 0.1) is 0 Å². The van der Waals surface area contributed by atoms with E-state index in [-0.39, 0.29) is 0 Å². The number of aromatic nitrogens is 1. The molecule has 0 aliphatic rings. The molecule has 1 amide bonds. The topological polar surface area (TPSA) is 79.4 Å². The third-order valence-electron chi connectivity index (χ3n) is 3.28. The van der Waals surface area contributed by atoms with Crippen LogP contribution in [0.5, 0.6) is 0 Å². The van der Waals surface area contributed by atoms with Crippen LogP contribution in [0.3, 0.4) is 0 Å². The molecule has 1 heterocycles. The van der Waals surface area contributed by atoms with Gasteiger partial charge in [-0.15, -0.1) is 11.8 Å². The van der Waals surface area contributed by atoms with Crippen molar-refractivity contribution in [3.8, 4) is 0 Å². The molecule has 0 atom stereocenters. The zero-order valence-electron chi connectivity index (χ0n) is 13.7. The predicted molar refractivity (Wildman–Crippen MR) is 100 cm³/mol. The number of thioether (sulfide) groups is 1. The summed E-state index contributed by atoms with van der Waals surface area (Å²) in [5.74, 6) is -0.582. The van der Waals surface area contributed by atoms with E-state index in [0.717, 1.165) is 24.6 Å². The molecule has 0 aliphatic carbocycles. The summed E-state index contributed by atoms with van der Waals surface area (Å²) in [6.45, 7) is 3.37. The normalized spacial score (nSPS) is 12.6. The van der Waals surface area contributed by atoms with Gasteiger partial charge >= 0.3 is 10.2 Å². The van der Waals surface area contributed by atoms with E-state index in [4.69, 9.17) is 0 Å². The number of benzene rings is 1. The van der Waals surface area contributed by atoms with Crippen molar-refractivity contribution in [2.24, 2.45) is 0 Å². The van der Waals surface area contributed by atoms with Gasteiger partial charge in [0.2, 0.25) is 5.91 Å². The average Bonchev–Trinajstić information content (AvgIpc) is 2.47. The fraction of sp³-hybridized carbons (Fsp3) is 0.333. The molecule has 0 saturated carbocycles. The number of carbonyl (C=O) groups is 1. The Bertz CT molecular complexity index is 883. The summed E-state index contributed by atoms with van der Waals surface area (Å²) in [5.41, 5.74) is 0.806. The fourth-order valence-electron chi connectivity index (χ4n) is 1.83. The molecule has 0 bridgehead atoms. The lowest BCUT2D eigenvalue weighted by Gasteiger charge is -2.24. The van der Waals surface area contributed by atoms with Crippen LogP contribution in [0.25, 0.3) is 10.9 Å². The number of nitrogens with one attached hydrogen (secondary N) is 1. The van der Waals surface area contributed by atoms with Crippen LogP contribution in [-0.4, -0.2) is 42.5 Å². The first-order valence-corrected chi connectivity index (χ1v) is 10.1. The maximum Gasteiger partial charge on any atom is 0.303 e. The van der Waals surface area contributed by atoms with Crippen LogP contribution in [0.15, 0.2) is 39.8 Å². The molecular formula is C15H18BrN3O3S2. The van der Waals surface area contributed by atoms with Gasteiger partial charge in [0.25, 0.3) is 0 Å². The molecule has 0 spiro atoms. The Hall–Kier alpha value is -1.16. The minimum absolute atomic E-state index is 0.582. The molecule has 0 aliphatic heterocycles. The van der Waals surface area contributed by atoms with Gasteiger partial charge in [-0.1, -0.05) is 15.9 Å². The van der Waals surface area contributed by atoms with E-state index in [2.05, 4.69) is 25.6 Å². The molecule has 0 fully saturated rings. The first kappa shape index (κ1) is 19.2. The molecule has 130 valence electrons. The van der Waals surface area contributed by atoms with E-state index >= 15 is 0 Å². The van der Waals surface area contributed by atoms with Gasteiger partial charge in [0.1, 0.15) is 0 Å². The minimum Gasteiger partial charge on any atom is -0.272 e. The molecule has 1 N–H and O–H groups in total. The number of pyridine rings is 1. The van der Waals surface area contributed by atoms with Gasteiger partial charge in [-0.2, -0.15) is 12.7 Å². The van der Waals surface area contributed by atoms with E-state index in [1.807, 2.05) is 24.3 Å². The molecule has 6 nitrogen and oxygen atoms in total. The van der Waals surface area contributed by atoms with Crippen LogP contribution in [0.1, 0.15) is 13.8 Å². The van der Waals surface area contributed by atoms with Crippen LogP contribution in [0.2, 0.25) is 0 Å². The summed E-state index contributed by atoms with van der Waals surface area (Å²) in [6.07, 6.45) is 1.67. The number of carbonyl (C=O) groups excluding carboxylic acids is 1. The van der Waals surface area contributed by atoms with E-state index in [0.29, 0.717) is 0 Å². The maximum atomic E-state index is 12.4. The van der Waals surface area contributed by atoms with Crippen molar-refractivity contribution in [2.75, 3.05) is 14.1 Å². The van der Waals surface area contributed by atoms with Crippen LogP contribution >= 0.6 is 27.7 Å². The third kappa shape index (κ3) is 4.27. The van der Waals surface area contributed by atoms with Gasteiger partial charge in [0.05, 0.1) is 10.3 Å². The molecule has 2 rings (SSSR count). The van der Waals surface area contributed by atoms with E-state index < -0.39 is 20.9 Å². The Morgan fingerprint density at radius 3 is 2.58 bits per heavy atom. The Morgan fingerprint density at radius 2 is 1.96 bits per heavy atom. The Morgan fingerprint density at radius 1 is 1.29 bits per heavy atom. The number of nitrogens with zero attached hydrogens (tertiary/aromatic N) is 2. The number of halogens is 1. The molecular weight excluding hydrogens is 414 g/mol. The SMILES string of the molecule is CN(C)S(=O)(=O)NC(=O)C(C)(C)Sc1ccnc2ccc(Br)cc12. The standard InChI is InChI=1S/C15H18BrN3O3S2/c1-15(2,14(20)18-24(21,22)19(3)4)23-13-7-8-17-12-6-5-10(16)9-11(12)13/h5-9H,1-4H3,(H,18,20). The van der Waals surface area contributed by atoms with Crippen molar-refractivity contribution >= 4 is 54.7 Å². The van der Waals surface area contributed by atoms with Gasteiger partial charge in [-0.25, -0.2) is 4.72 Å². The first-order valence-electron chi connectivity index (χ1n) is 7.01. The molecule has 1 aromatic heterocycles. The summed E-state index contributed by atoms with van der Waals surface area (Å²) in [6, 6.07) is 7.52. The van der Waals surface area contributed by atoms with Gasteiger partial charge in [-0.05, 0) is 38.1 Å². The highest BCUT2D eigenvalue weighted by Crippen LogP contribution is 2.37. The number of rotatable bonds is 5. The summed E-state index contributed by atoms with van der Waals surface area (Å²) >= 11 is 4.72. The predicted octanol–water partition coefficient (Wildman–Crippen LogP) is 2.79. The highest BCUT2D eigenvalue weighted by Gasteiger charge is 2.33. The molecule has 24 heavy (non-hydrogen) atoms. The largest absolute Gasteiger partial charge is 0.303 e. The smallest absolute Gasteiger partial charge is 0.272 e. The zero-order chi connectivity index (χ0) is 18.1. The summed E-state index contributed by atoms with van der Waals surface area (Å²) in [7, 11) is -1.09. The highest BCUT2D eigenvalue weighted by atomic mass is 79.9. The van der Waals surface area contributed by atoms with Crippen LogP contribution in [0.4, 0.5) is 0 Å². The summed E-state index contributed by atoms with van der Waals surface area (Å²) in [5, 5.41) is 0.896. The second-order valence-electron chi connectivity index (χ2n) is 5.80. The maximum absolute atomic E-state index is 12.4. The van der Waals surface area contributed by atoms with E-state index in [1.54, 1.807) is 20.0 Å². The lowest BCUT2D eigenvalue weighted by molar-refractivity contribution is -0.120. The number of hydrogen-bond acceptors (Lipinski definition) is 5. The Kier molecular flexibility index (Phi) is 5.58. The Balaban J connectivity index is 2.32. The van der Waals surface area contributed by atoms with Crippen molar-refractivity contribution in [1.82, 2.24) is 14.0 Å². The second kappa shape index (κ2) is 6.99. The van der Waals surface area contributed by atoms with Crippen molar-refractivity contribution in [3.05, 3.63) is 34.9 Å². The molecule has 9 heteroatoms. The van der Waals surface area contributed by atoms with Gasteiger partial charge in [-0.3, -0.25) is 9.78 Å². The highest BCUT2D eigenvalue weighted by molar-refractivity contribution is 9.10. The van der Waals surface area contributed by atoms with E-state index in [1.165, 1.54) is 25.9 Å². The number of hydrogen-bond donors (Lipinski definition) is 1. The summed E-state index contributed by atoms with van der Waals surface area (Å²) < 4.78 is 26.7. The lowest BCUT2D eigenvalue weighted by atomic mass is 10.2. The zero-order valence-corrected chi connectivity index (χ0v) is 16.9. The quantitative estimate of drug-likeness (QED) is 0.736. The minimum atomic E-state index is -3.82. The van der Waals surface area contributed by atoms with Crippen molar-refractivity contribution in [2.45, 2.75) is 23.5 Å².